The number of halogens is 1. The average Bonchev–Trinajstić information content (AvgIpc) is 3.43. The van der Waals surface area contributed by atoms with Crippen LogP contribution in [0.3, 0.4) is 0 Å². The first kappa shape index (κ1) is 22.2. The third-order valence-electron chi connectivity index (χ3n) is 7.86. The van der Waals surface area contributed by atoms with E-state index in [2.05, 4.69) is 61.8 Å². The Morgan fingerprint density at radius 2 is 1.83 bits per heavy atom. The summed E-state index contributed by atoms with van der Waals surface area (Å²) < 4.78 is 8.75. The molecule has 1 fully saturated rings. The molecule has 0 unspecified atom stereocenters. The molecule has 180 valence electrons. The third kappa shape index (κ3) is 3.77. The molecular weight excluding hydrogens is 469 g/mol. The van der Waals surface area contributed by atoms with Crippen molar-refractivity contribution in [3.63, 3.8) is 0 Å². The molecule has 5 heterocycles. The van der Waals surface area contributed by atoms with Gasteiger partial charge in [0.05, 0.1) is 0 Å². The summed E-state index contributed by atoms with van der Waals surface area (Å²) in [6.07, 6.45) is 3.78. The van der Waals surface area contributed by atoms with Crippen molar-refractivity contribution >= 4 is 24.6 Å². The molecule has 0 bridgehead atoms. The number of pyridine rings is 1. The molecule has 3 aliphatic heterocycles. The number of anilines is 1. The summed E-state index contributed by atoms with van der Waals surface area (Å²) in [7, 11) is 2.04. The molecule has 36 heavy (non-hydrogen) atoms. The number of piperidine rings is 1. The number of ether oxygens (including phenoxy) is 1. The topological polar surface area (TPSA) is 46.4 Å². The SMILES string of the molecule is Clc1ccc2c(c1)CN(Cc1ccccn1)Cc1bnc(N3CCC4(CC3)OCc3ccccc34)n1-2. The summed E-state index contributed by atoms with van der Waals surface area (Å²) in [5.74, 6) is 1.01. The van der Waals surface area contributed by atoms with Gasteiger partial charge < -0.3 is 0 Å². The van der Waals surface area contributed by atoms with E-state index in [4.69, 9.17) is 21.2 Å². The van der Waals surface area contributed by atoms with Gasteiger partial charge in [-0.3, -0.25) is 0 Å². The molecule has 1 saturated heterocycles. The van der Waals surface area contributed by atoms with Crippen molar-refractivity contribution in [3.05, 3.63) is 99.9 Å². The normalized spacial score (nSPS) is 18.4. The van der Waals surface area contributed by atoms with Gasteiger partial charge in [0.1, 0.15) is 0 Å². The Balaban J connectivity index is 1.20. The number of benzene rings is 2. The van der Waals surface area contributed by atoms with Crippen LogP contribution >= 0.6 is 11.6 Å². The Hall–Kier alpha value is -3.00. The van der Waals surface area contributed by atoms with Gasteiger partial charge in [0.15, 0.2) is 0 Å². The number of fused-ring (bicyclic) bond motifs is 5. The van der Waals surface area contributed by atoms with Crippen LogP contribution in [-0.2, 0) is 36.6 Å². The zero-order chi connectivity index (χ0) is 24.1. The summed E-state index contributed by atoms with van der Waals surface area (Å²) in [6.45, 7) is 4.91. The summed E-state index contributed by atoms with van der Waals surface area (Å²) in [6, 6.07) is 21.0. The first-order chi connectivity index (χ1) is 17.7. The number of nitrogens with zero attached hydrogens (tertiary/aromatic N) is 5. The predicted molar refractivity (Wildman–Crippen MR) is 141 cm³/mol. The van der Waals surface area contributed by atoms with E-state index in [1.807, 2.05) is 31.4 Å². The van der Waals surface area contributed by atoms with E-state index in [0.29, 0.717) is 0 Å². The zero-order valence-electron chi connectivity index (χ0n) is 20.1. The Labute approximate surface area is 216 Å². The standard InChI is InChI=1S/C28H27BClN5O/c30-22-8-9-25-21(15-22)16-33(17-23-6-3-4-12-31-23)18-26-29-32-27(35(25)26)34-13-10-28(11-14-34)24-7-2-1-5-20(24)19-36-28/h1-9,12,15H,10-11,13-14,16-19H2. The minimum atomic E-state index is -0.160. The van der Waals surface area contributed by atoms with E-state index >= 15 is 0 Å². The second kappa shape index (κ2) is 8.84. The van der Waals surface area contributed by atoms with Gasteiger partial charge in [0.25, 0.3) is 0 Å². The van der Waals surface area contributed by atoms with Gasteiger partial charge in [0, 0.05) is 0 Å². The van der Waals surface area contributed by atoms with Crippen LogP contribution < -0.4 is 4.90 Å². The van der Waals surface area contributed by atoms with Crippen LogP contribution in [0.25, 0.3) is 5.69 Å². The number of hydrogen-bond acceptors (Lipinski definition) is 5. The monoisotopic (exact) mass is 495 g/mol. The molecule has 8 heteroatoms. The van der Waals surface area contributed by atoms with Crippen LogP contribution in [0.1, 0.15) is 40.8 Å². The van der Waals surface area contributed by atoms with Crippen LogP contribution in [-0.4, -0.2) is 39.5 Å². The van der Waals surface area contributed by atoms with E-state index in [0.717, 1.165) is 74.5 Å². The van der Waals surface area contributed by atoms with Crippen molar-refractivity contribution in [2.75, 3.05) is 18.0 Å². The van der Waals surface area contributed by atoms with Crippen LogP contribution in [0, 0.1) is 0 Å². The summed E-state index contributed by atoms with van der Waals surface area (Å²) in [5, 5.41) is 0.758. The molecule has 6 nitrogen and oxygen atoms in total. The molecule has 3 aliphatic rings. The van der Waals surface area contributed by atoms with Crippen molar-refractivity contribution in [1.82, 2.24) is 19.3 Å². The average molecular weight is 496 g/mol. The van der Waals surface area contributed by atoms with Gasteiger partial charge in [-0.2, -0.15) is 0 Å². The van der Waals surface area contributed by atoms with Crippen LogP contribution in [0.4, 0.5) is 5.95 Å². The molecule has 0 atom stereocenters. The van der Waals surface area contributed by atoms with Gasteiger partial charge in [0.2, 0.25) is 0 Å². The van der Waals surface area contributed by atoms with Gasteiger partial charge in [-0.25, -0.2) is 0 Å². The molecule has 0 saturated carbocycles. The predicted octanol–water partition coefficient (Wildman–Crippen LogP) is 4.80. The van der Waals surface area contributed by atoms with Crippen molar-refractivity contribution in [1.29, 1.82) is 0 Å². The van der Waals surface area contributed by atoms with Crippen molar-refractivity contribution < 1.29 is 4.74 Å². The maximum absolute atomic E-state index is 6.46. The van der Waals surface area contributed by atoms with Crippen molar-refractivity contribution in [2.45, 2.75) is 44.7 Å². The van der Waals surface area contributed by atoms with Gasteiger partial charge in [-0.15, -0.1) is 0 Å². The molecular formula is C28H27BClN5O. The Bertz CT molecular complexity index is 1420. The molecule has 0 aliphatic carbocycles. The minimum absolute atomic E-state index is 0.160. The van der Waals surface area contributed by atoms with E-state index < -0.39 is 0 Å². The van der Waals surface area contributed by atoms with E-state index in [1.54, 1.807) is 0 Å². The quantitative estimate of drug-likeness (QED) is 0.408. The van der Waals surface area contributed by atoms with Gasteiger partial charge in [-0.1, -0.05) is 0 Å². The first-order valence-corrected chi connectivity index (χ1v) is 13.0. The molecule has 0 radical (unpaired) electrons. The molecule has 0 N–H and O–H groups in total. The molecule has 4 aromatic rings. The van der Waals surface area contributed by atoms with Gasteiger partial charge >= 0.3 is 217 Å². The summed E-state index contributed by atoms with van der Waals surface area (Å²) >= 11 is 6.46. The zero-order valence-corrected chi connectivity index (χ0v) is 20.9. The maximum atomic E-state index is 6.46. The van der Waals surface area contributed by atoms with E-state index in [9.17, 15) is 0 Å². The van der Waals surface area contributed by atoms with Gasteiger partial charge in [-0.05, 0) is 0 Å². The Kier molecular flexibility index (Phi) is 5.45. The number of rotatable bonds is 3. The van der Waals surface area contributed by atoms with E-state index in [-0.39, 0.29) is 5.60 Å². The Morgan fingerprint density at radius 1 is 0.972 bits per heavy atom. The third-order valence-corrected chi connectivity index (χ3v) is 8.09. The Morgan fingerprint density at radius 3 is 2.69 bits per heavy atom. The fourth-order valence-electron chi connectivity index (χ4n) is 6.10. The van der Waals surface area contributed by atoms with Crippen LogP contribution in [0.5, 0.6) is 0 Å². The molecule has 7 rings (SSSR count). The number of aromatic nitrogens is 3. The molecule has 0 amide bonds. The fourth-order valence-corrected chi connectivity index (χ4v) is 6.29. The second-order valence-corrected chi connectivity index (χ2v) is 10.5. The van der Waals surface area contributed by atoms with E-state index in [1.165, 1.54) is 22.3 Å². The molecule has 2 aromatic heterocycles. The number of hydrogen-bond donors (Lipinski definition) is 0. The van der Waals surface area contributed by atoms with Crippen LogP contribution in [0.15, 0.2) is 66.9 Å². The summed E-state index contributed by atoms with van der Waals surface area (Å²) in [4.78, 5) is 14.3. The molecule has 1 spiro atoms. The van der Waals surface area contributed by atoms with Crippen molar-refractivity contribution in [2.24, 2.45) is 0 Å². The molecule has 2 aromatic carbocycles. The fraction of sp³-hybridized carbons (Fsp3) is 0.321. The van der Waals surface area contributed by atoms with Crippen LogP contribution in [0.2, 0.25) is 5.02 Å². The second-order valence-electron chi connectivity index (χ2n) is 10.1. The first-order valence-electron chi connectivity index (χ1n) is 12.6. The summed E-state index contributed by atoms with van der Waals surface area (Å²) in [5.41, 5.74) is 7.16. The van der Waals surface area contributed by atoms with Crippen molar-refractivity contribution in [3.8, 4) is 5.69 Å².